The first-order valence-electron chi connectivity index (χ1n) is 8.76. The molecule has 0 unspecified atom stereocenters. The SMILES string of the molecule is C/C=N/N/C(COc1ccc(C(C)=NOCc2ccc(C(F)(F)F)cc2)cn1)=N/N. The van der Waals surface area contributed by atoms with E-state index in [9.17, 15) is 13.2 Å². The minimum Gasteiger partial charge on any atom is -0.469 e. The molecule has 0 spiro atoms. The maximum Gasteiger partial charge on any atom is 0.416 e. The van der Waals surface area contributed by atoms with Gasteiger partial charge in [-0.2, -0.15) is 23.4 Å². The molecule has 8 nitrogen and oxygen atoms in total. The molecular weight excluding hydrogens is 401 g/mol. The first-order chi connectivity index (χ1) is 14.3. The van der Waals surface area contributed by atoms with Gasteiger partial charge < -0.3 is 15.4 Å². The van der Waals surface area contributed by atoms with Gasteiger partial charge in [-0.1, -0.05) is 17.3 Å². The lowest BCUT2D eigenvalue weighted by Crippen LogP contribution is -2.26. The van der Waals surface area contributed by atoms with Gasteiger partial charge in [0.1, 0.15) is 6.61 Å². The van der Waals surface area contributed by atoms with Crippen molar-refractivity contribution in [2.75, 3.05) is 6.61 Å². The summed E-state index contributed by atoms with van der Waals surface area (Å²) in [5.74, 6) is 5.90. The highest BCUT2D eigenvalue weighted by Gasteiger charge is 2.29. The number of hydrazone groups is 2. The summed E-state index contributed by atoms with van der Waals surface area (Å²) in [6, 6.07) is 8.08. The molecular formula is C19H21F3N6O2. The summed E-state index contributed by atoms with van der Waals surface area (Å²) in [6.07, 6.45) is -1.28. The van der Waals surface area contributed by atoms with Crippen LogP contribution in [0.25, 0.3) is 0 Å². The number of hydrogen-bond acceptors (Lipinski definition) is 7. The number of rotatable bonds is 8. The lowest BCUT2D eigenvalue weighted by molar-refractivity contribution is -0.137. The first-order valence-corrected chi connectivity index (χ1v) is 8.76. The summed E-state index contributed by atoms with van der Waals surface area (Å²) in [5, 5.41) is 11.3. The molecule has 0 amide bonds. The molecule has 2 rings (SSSR count). The Bertz CT molecular complexity index is 894. The zero-order valence-corrected chi connectivity index (χ0v) is 16.3. The molecule has 0 bridgehead atoms. The summed E-state index contributed by atoms with van der Waals surface area (Å²) in [5.41, 5.74) is 3.71. The molecule has 160 valence electrons. The molecule has 0 saturated carbocycles. The highest BCUT2D eigenvalue weighted by Crippen LogP contribution is 2.29. The Morgan fingerprint density at radius 2 is 1.93 bits per heavy atom. The van der Waals surface area contributed by atoms with Gasteiger partial charge in [0.15, 0.2) is 12.4 Å². The Kier molecular flexibility index (Phi) is 8.15. The highest BCUT2D eigenvalue weighted by molar-refractivity contribution is 5.98. The third-order valence-electron chi connectivity index (χ3n) is 3.70. The van der Waals surface area contributed by atoms with Gasteiger partial charge in [-0.25, -0.2) is 4.98 Å². The first kappa shape index (κ1) is 22.7. The molecule has 1 aromatic heterocycles. The van der Waals surface area contributed by atoms with Gasteiger partial charge in [-0.3, -0.25) is 5.43 Å². The molecule has 0 aliphatic carbocycles. The number of halogens is 3. The molecule has 3 N–H and O–H groups in total. The van der Waals surface area contributed by atoms with Gasteiger partial charge in [0, 0.05) is 24.0 Å². The van der Waals surface area contributed by atoms with E-state index in [0.717, 1.165) is 12.1 Å². The van der Waals surface area contributed by atoms with Crippen molar-refractivity contribution in [3.63, 3.8) is 0 Å². The second-order valence-corrected chi connectivity index (χ2v) is 5.89. The van der Waals surface area contributed by atoms with Crippen molar-refractivity contribution in [2.24, 2.45) is 21.2 Å². The number of nitrogens with zero attached hydrogens (tertiary/aromatic N) is 4. The van der Waals surface area contributed by atoms with Crippen molar-refractivity contribution in [2.45, 2.75) is 26.6 Å². The van der Waals surface area contributed by atoms with Crippen LogP contribution in [0.5, 0.6) is 5.88 Å². The predicted molar refractivity (Wildman–Crippen MR) is 107 cm³/mol. The molecule has 2 aromatic rings. The van der Waals surface area contributed by atoms with Crippen LogP contribution in [0.2, 0.25) is 0 Å². The molecule has 11 heteroatoms. The predicted octanol–water partition coefficient (Wildman–Crippen LogP) is 3.29. The second kappa shape index (κ2) is 10.8. The van der Waals surface area contributed by atoms with Crippen LogP contribution < -0.4 is 16.0 Å². The summed E-state index contributed by atoms with van der Waals surface area (Å²) in [6.45, 7) is 3.55. The van der Waals surface area contributed by atoms with Crippen LogP contribution in [-0.2, 0) is 17.6 Å². The Labute approximate surface area is 171 Å². The molecule has 30 heavy (non-hydrogen) atoms. The zero-order chi connectivity index (χ0) is 22.0. The van der Waals surface area contributed by atoms with Crippen LogP contribution in [0.4, 0.5) is 13.2 Å². The smallest absolute Gasteiger partial charge is 0.416 e. The lowest BCUT2D eigenvalue weighted by Gasteiger charge is -2.08. The minimum atomic E-state index is -4.37. The minimum absolute atomic E-state index is 0.0402. The number of benzene rings is 1. The van der Waals surface area contributed by atoms with E-state index in [-0.39, 0.29) is 13.2 Å². The molecule has 0 aliphatic rings. The number of amidine groups is 1. The lowest BCUT2D eigenvalue weighted by atomic mass is 10.1. The number of oxime groups is 1. The van der Waals surface area contributed by atoms with Crippen LogP contribution in [0.3, 0.4) is 0 Å². The second-order valence-electron chi connectivity index (χ2n) is 5.89. The van der Waals surface area contributed by atoms with Crippen LogP contribution >= 0.6 is 0 Å². The number of hydrogen-bond donors (Lipinski definition) is 2. The quantitative estimate of drug-likeness (QED) is 0.294. The van der Waals surface area contributed by atoms with Gasteiger partial charge in [0.2, 0.25) is 5.88 Å². The van der Waals surface area contributed by atoms with E-state index in [0.29, 0.717) is 28.6 Å². The van der Waals surface area contributed by atoms with E-state index in [2.05, 4.69) is 25.8 Å². The van der Waals surface area contributed by atoms with Gasteiger partial charge in [-0.15, -0.1) is 0 Å². The Hall–Kier alpha value is -3.63. The molecule has 0 radical (unpaired) electrons. The summed E-state index contributed by atoms with van der Waals surface area (Å²) in [4.78, 5) is 9.38. The van der Waals surface area contributed by atoms with Crippen molar-refractivity contribution in [1.29, 1.82) is 0 Å². The Morgan fingerprint density at radius 1 is 1.20 bits per heavy atom. The fourth-order valence-corrected chi connectivity index (χ4v) is 2.11. The van der Waals surface area contributed by atoms with Crippen molar-refractivity contribution in [3.05, 3.63) is 59.3 Å². The van der Waals surface area contributed by atoms with Gasteiger partial charge in [-0.05, 0) is 37.6 Å². The van der Waals surface area contributed by atoms with E-state index in [1.54, 1.807) is 38.4 Å². The van der Waals surface area contributed by atoms with Crippen molar-refractivity contribution >= 4 is 17.8 Å². The summed E-state index contributed by atoms with van der Waals surface area (Å²) < 4.78 is 43.1. The van der Waals surface area contributed by atoms with E-state index < -0.39 is 11.7 Å². The molecule has 1 aromatic carbocycles. The monoisotopic (exact) mass is 422 g/mol. The van der Waals surface area contributed by atoms with Crippen LogP contribution in [0.15, 0.2) is 58.0 Å². The fourth-order valence-electron chi connectivity index (χ4n) is 2.11. The normalized spacial score (nSPS) is 12.8. The number of ether oxygens (including phenoxy) is 1. The van der Waals surface area contributed by atoms with Crippen molar-refractivity contribution in [3.8, 4) is 5.88 Å². The van der Waals surface area contributed by atoms with Crippen molar-refractivity contribution in [1.82, 2.24) is 10.4 Å². The third kappa shape index (κ3) is 7.08. The topological polar surface area (TPSA) is 106 Å². The van der Waals surface area contributed by atoms with E-state index in [1.807, 2.05) is 0 Å². The van der Waals surface area contributed by atoms with Crippen LogP contribution in [-0.4, -0.2) is 29.4 Å². The average molecular weight is 422 g/mol. The number of alkyl halides is 3. The highest BCUT2D eigenvalue weighted by atomic mass is 19.4. The van der Waals surface area contributed by atoms with Crippen LogP contribution in [0.1, 0.15) is 30.5 Å². The number of nitrogens with one attached hydrogen (secondary N) is 1. The van der Waals surface area contributed by atoms with Gasteiger partial charge in [0.05, 0.1) is 11.3 Å². The average Bonchev–Trinajstić information content (AvgIpc) is 2.74. The Morgan fingerprint density at radius 3 is 2.50 bits per heavy atom. The standard InChI is InChI=1S/C19H21F3N6O2/c1-3-25-27-17(26-23)12-29-18-9-6-15(10-24-18)13(2)28-30-11-14-4-7-16(8-5-14)19(20,21)22/h3-10H,11-12,23H2,1-2H3,(H,26,27)/b25-3+,28-13?. The molecule has 1 heterocycles. The number of aromatic nitrogens is 1. The molecule has 0 atom stereocenters. The number of nitrogens with two attached hydrogens (primary N) is 1. The zero-order valence-electron chi connectivity index (χ0n) is 16.3. The fraction of sp³-hybridized carbons (Fsp3) is 0.263. The number of pyridine rings is 1. The summed E-state index contributed by atoms with van der Waals surface area (Å²) >= 11 is 0. The van der Waals surface area contributed by atoms with E-state index in [1.165, 1.54) is 12.1 Å². The maximum atomic E-state index is 12.6. The molecule has 0 saturated heterocycles. The Balaban J connectivity index is 1.87. The largest absolute Gasteiger partial charge is 0.469 e. The van der Waals surface area contributed by atoms with E-state index in [4.69, 9.17) is 15.4 Å². The molecule has 0 fully saturated rings. The van der Waals surface area contributed by atoms with Gasteiger partial charge in [0.25, 0.3) is 0 Å². The maximum absolute atomic E-state index is 12.6. The van der Waals surface area contributed by atoms with Gasteiger partial charge >= 0.3 is 6.18 Å². The van der Waals surface area contributed by atoms with Crippen molar-refractivity contribution < 1.29 is 22.7 Å². The third-order valence-corrected chi connectivity index (χ3v) is 3.70. The molecule has 0 aliphatic heterocycles. The van der Waals surface area contributed by atoms with Crippen LogP contribution in [0, 0.1) is 0 Å². The van der Waals surface area contributed by atoms with E-state index >= 15 is 0 Å². The summed E-state index contributed by atoms with van der Waals surface area (Å²) in [7, 11) is 0.